The smallest absolute Gasteiger partial charge is 0.166 e. The first kappa shape index (κ1) is 15.9. The molecular weight excluding hydrogens is 335 g/mol. The zero-order chi connectivity index (χ0) is 15.5. The van der Waals surface area contributed by atoms with Crippen LogP contribution in [0.5, 0.6) is 11.5 Å². The van der Waals surface area contributed by atoms with E-state index < -0.39 is 0 Å². The molecule has 1 aromatic heterocycles. The second kappa shape index (κ2) is 6.54. The summed E-state index contributed by atoms with van der Waals surface area (Å²) in [7, 11) is 0. The van der Waals surface area contributed by atoms with E-state index in [0.29, 0.717) is 12.3 Å². The number of ether oxygens (including phenoxy) is 1. The number of hydrogen-bond acceptors (Lipinski definition) is 3. The Labute approximate surface area is 132 Å². The molecule has 0 amide bonds. The van der Waals surface area contributed by atoms with Gasteiger partial charge in [-0.25, -0.2) is 4.39 Å². The number of hydrogen-bond donors (Lipinski definition) is 1. The highest BCUT2D eigenvalue weighted by atomic mass is 79.9. The van der Waals surface area contributed by atoms with E-state index in [9.17, 15) is 4.39 Å². The van der Waals surface area contributed by atoms with E-state index in [-0.39, 0.29) is 17.1 Å². The van der Waals surface area contributed by atoms with Crippen molar-refractivity contribution in [1.29, 1.82) is 0 Å². The van der Waals surface area contributed by atoms with Crippen molar-refractivity contribution in [2.75, 3.05) is 0 Å². The van der Waals surface area contributed by atoms with Crippen LogP contribution in [0.25, 0.3) is 0 Å². The topological polar surface area (TPSA) is 34.1 Å². The maximum absolute atomic E-state index is 14.1. The molecule has 0 atom stereocenters. The van der Waals surface area contributed by atoms with Gasteiger partial charge in [0.15, 0.2) is 11.6 Å². The van der Waals surface area contributed by atoms with Crippen LogP contribution in [-0.2, 0) is 6.54 Å². The number of halogens is 2. The normalized spacial score (nSPS) is 11.5. The van der Waals surface area contributed by atoms with Crippen molar-refractivity contribution in [2.24, 2.45) is 0 Å². The number of nitrogens with zero attached hydrogens (tertiary/aromatic N) is 1. The highest BCUT2D eigenvalue weighted by Crippen LogP contribution is 2.26. The first-order chi connectivity index (χ1) is 9.83. The molecule has 0 fully saturated rings. The van der Waals surface area contributed by atoms with Crippen LogP contribution in [-0.4, -0.2) is 10.5 Å². The van der Waals surface area contributed by atoms with Gasteiger partial charge in [-0.1, -0.05) is 6.07 Å². The maximum Gasteiger partial charge on any atom is 0.166 e. The minimum Gasteiger partial charge on any atom is -0.453 e. The molecule has 2 rings (SSSR count). The molecule has 0 saturated carbocycles. The minimum atomic E-state index is -0.386. The SMILES string of the molecule is CC(C)(C)NCc1ccc(Oc2cncc(Br)c2)c(F)c1. The summed E-state index contributed by atoms with van der Waals surface area (Å²) in [5, 5.41) is 3.32. The standard InChI is InChI=1S/C16H18BrFN2O/c1-16(2,3)20-8-11-4-5-15(14(18)6-11)21-13-7-12(17)9-19-10-13/h4-7,9-10,20H,8H2,1-3H3. The molecule has 0 saturated heterocycles. The van der Waals surface area contributed by atoms with Crippen LogP contribution in [0, 0.1) is 5.82 Å². The van der Waals surface area contributed by atoms with Crippen LogP contribution in [0.4, 0.5) is 4.39 Å². The molecule has 0 bridgehead atoms. The van der Waals surface area contributed by atoms with Gasteiger partial charge >= 0.3 is 0 Å². The van der Waals surface area contributed by atoms with Crippen molar-refractivity contribution in [3.63, 3.8) is 0 Å². The molecule has 21 heavy (non-hydrogen) atoms. The van der Waals surface area contributed by atoms with Gasteiger partial charge in [0, 0.05) is 22.8 Å². The quantitative estimate of drug-likeness (QED) is 0.868. The molecule has 0 spiro atoms. The lowest BCUT2D eigenvalue weighted by Crippen LogP contribution is -2.35. The Morgan fingerprint density at radius 1 is 1.24 bits per heavy atom. The third-order valence-corrected chi connectivity index (χ3v) is 3.16. The van der Waals surface area contributed by atoms with Gasteiger partial charge in [-0.3, -0.25) is 4.98 Å². The van der Waals surface area contributed by atoms with Crippen LogP contribution in [0.2, 0.25) is 0 Å². The van der Waals surface area contributed by atoms with Crippen molar-refractivity contribution in [3.8, 4) is 11.5 Å². The number of pyridine rings is 1. The average Bonchev–Trinajstić information content (AvgIpc) is 2.38. The van der Waals surface area contributed by atoms with Crippen molar-refractivity contribution in [3.05, 3.63) is 52.5 Å². The molecule has 0 aliphatic carbocycles. The van der Waals surface area contributed by atoms with E-state index >= 15 is 0 Å². The molecule has 2 aromatic rings. The van der Waals surface area contributed by atoms with Crippen LogP contribution in [0.1, 0.15) is 26.3 Å². The van der Waals surface area contributed by atoms with Crippen molar-refractivity contribution >= 4 is 15.9 Å². The maximum atomic E-state index is 14.1. The van der Waals surface area contributed by atoms with Crippen LogP contribution in [0.3, 0.4) is 0 Å². The van der Waals surface area contributed by atoms with Gasteiger partial charge in [0.25, 0.3) is 0 Å². The summed E-state index contributed by atoms with van der Waals surface area (Å²) in [5.41, 5.74) is 0.871. The lowest BCUT2D eigenvalue weighted by Gasteiger charge is -2.20. The molecule has 5 heteroatoms. The van der Waals surface area contributed by atoms with Crippen LogP contribution in [0.15, 0.2) is 41.1 Å². The third kappa shape index (κ3) is 5.10. The van der Waals surface area contributed by atoms with Gasteiger partial charge in [0.1, 0.15) is 5.75 Å². The molecule has 1 heterocycles. The lowest BCUT2D eigenvalue weighted by atomic mass is 10.1. The van der Waals surface area contributed by atoms with E-state index in [4.69, 9.17) is 4.74 Å². The van der Waals surface area contributed by atoms with Crippen molar-refractivity contribution in [2.45, 2.75) is 32.9 Å². The number of nitrogens with one attached hydrogen (secondary N) is 1. The first-order valence-electron chi connectivity index (χ1n) is 6.65. The first-order valence-corrected chi connectivity index (χ1v) is 7.45. The van der Waals surface area contributed by atoms with E-state index in [1.165, 1.54) is 6.07 Å². The molecule has 3 nitrogen and oxygen atoms in total. The lowest BCUT2D eigenvalue weighted by molar-refractivity contribution is 0.420. The van der Waals surface area contributed by atoms with E-state index in [1.807, 2.05) is 6.07 Å². The van der Waals surface area contributed by atoms with Gasteiger partial charge in [0.2, 0.25) is 0 Å². The highest BCUT2D eigenvalue weighted by molar-refractivity contribution is 9.10. The molecule has 0 radical (unpaired) electrons. The Kier molecular flexibility index (Phi) is 4.96. The molecule has 0 aliphatic heterocycles. The third-order valence-electron chi connectivity index (χ3n) is 2.73. The van der Waals surface area contributed by atoms with Gasteiger partial charge in [-0.15, -0.1) is 0 Å². The monoisotopic (exact) mass is 352 g/mol. The minimum absolute atomic E-state index is 0.00632. The van der Waals surface area contributed by atoms with E-state index in [2.05, 4.69) is 47.0 Å². The molecule has 1 aromatic carbocycles. The highest BCUT2D eigenvalue weighted by Gasteiger charge is 2.11. The molecule has 0 unspecified atom stereocenters. The summed E-state index contributed by atoms with van der Waals surface area (Å²) in [6, 6.07) is 6.71. The zero-order valence-corrected chi connectivity index (χ0v) is 13.9. The van der Waals surface area contributed by atoms with Gasteiger partial charge in [-0.2, -0.15) is 0 Å². The summed E-state index contributed by atoms with van der Waals surface area (Å²) < 4.78 is 20.4. The van der Waals surface area contributed by atoms with Gasteiger partial charge in [0.05, 0.1) is 6.20 Å². The number of benzene rings is 1. The fourth-order valence-electron chi connectivity index (χ4n) is 1.68. The van der Waals surface area contributed by atoms with E-state index in [1.54, 1.807) is 24.5 Å². The Bertz CT molecular complexity index is 626. The van der Waals surface area contributed by atoms with Crippen LogP contribution < -0.4 is 10.1 Å². The van der Waals surface area contributed by atoms with Crippen LogP contribution >= 0.6 is 15.9 Å². The van der Waals surface area contributed by atoms with Crippen molar-refractivity contribution < 1.29 is 9.13 Å². The molecule has 0 aliphatic rings. The Balaban J connectivity index is 2.09. The van der Waals surface area contributed by atoms with Gasteiger partial charge < -0.3 is 10.1 Å². The molecule has 1 N–H and O–H groups in total. The predicted octanol–water partition coefficient (Wildman–Crippen LogP) is 4.66. The summed E-state index contributed by atoms with van der Waals surface area (Å²) in [5.74, 6) is 0.293. The zero-order valence-electron chi connectivity index (χ0n) is 12.3. The number of aromatic nitrogens is 1. The number of rotatable bonds is 4. The Morgan fingerprint density at radius 3 is 2.62 bits per heavy atom. The van der Waals surface area contributed by atoms with Gasteiger partial charge in [-0.05, 0) is 60.5 Å². The Hall–Kier alpha value is -1.46. The fraction of sp³-hybridized carbons (Fsp3) is 0.312. The van der Waals surface area contributed by atoms with Crippen molar-refractivity contribution in [1.82, 2.24) is 10.3 Å². The largest absolute Gasteiger partial charge is 0.453 e. The summed E-state index contributed by atoms with van der Waals surface area (Å²) in [4.78, 5) is 3.98. The average molecular weight is 353 g/mol. The second-order valence-electron chi connectivity index (χ2n) is 5.81. The molecular formula is C16H18BrFN2O. The van der Waals surface area contributed by atoms with E-state index in [0.717, 1.165) is 10.0 Å². The predicted molar refractivity (Wildman–Crippen MR) is 85.0 cm³/mol. The Morgan fingerprint density at radius 2 is 2.00 bits per heavy atom. The molecule has 112 valence electrons. The summed E-state index contributed by atoms with van der Waals surface area (Å²) in [6.45, 7) is 6.82. The summed E-state index contributed by atoms with van der Waals surface area (Å²) in [6.07, 6.45) is 3.18. The summed E-state index contributed by atoms with van der Waals surface area (Å²) >= 11 is 3.30. The second-order valence-corrected chi connectivity index (χ2v) is 6.72. The fourth-order valence-corrected chi connectivity index (χ4v) is 2.02.